The van der Waals surface area contributed by atoms with Gasteiger partial charge in [-0.15, -0.1) is 0 Å². The van der Waals surface area contributed by atoms with E-state index in [2.05, 4.69) is 22.5 Å². The third-order valence-corrected chi connectivity index (χ3v) is 2.82. The lowest BCUT2D eigenvalue weighted by Crippen LogP contribution is -2.30. The lowest BCUT2D eigenvalue weighted by molar-refractivity contribution is 0.0875. The fourth-order valence-corrected chi connectivity index (χ4v) is 1.93. The molecule has 17 heavy (non-hydrogen) atoms. The highest BCUT2D eigenvalue weighted by Gasteiger charge is 2.13. The molecule has 4 heteroatoms. The molecule has 1 aromatic heterocycles. The average molecular weight is 235 g/mol. The number of nitrogens with one attached hydrogen (secondary N) is 2. The summed E-state index contributed by atoms with van der Waals surface area (Å²) in [5, 5.41) is 6.71. The summed E-state index contributed by atoms with van der Waals surface area (Å²) in [6.07, 6.45) is 3.40. The molecule has 2 heterocycles. The van der Waals surface area contributed by atoms with Gasteiger partial charge >= 0.3 is 0 Å². The van der Waals surface area contributed by atoms with Crippen molar-refractivity contribution < 1.29 is 4.74 Å². The molecule has 0 bridgehead atoms. The van der Waals surface area contributed by atoms with Gasteiger partial charge in [0.2, 0.25) is 0 Å². The molecule has 0 amide bonds. The van der Waals surface area contributed by atoms with Crippen LogP contribution >= 0.6 is 0 Å². The minimum absolute atomic E-state index is 0.401. The van der Waals surface area contributed by atoms with E-state index in [1.54, 1.807) is 0 Å². The predicted molar refractivity (Wildman–Crippen MR) is 70.5 cm³/mol. The number of pyridine rings is 1. The van der Waals surface area contributed by atoms with E-state index in [-0.39, 0.29) is 0 Å². The molecular weight excluding hydrogens is 214 g/mol. The van der Waals surface area contributed by atoms with Gasteiger partial charge in [0.25, 0.3) is 0 Å². The third-order valence-electron chi connectivity index (χ3n) is 2.82. The van der Waals surface area contributed by atoms with Crippen molar-refractivity contribution in [3.05, 3.63) is 18.2 Å². The molecule has 0 aromatic carbocycles. The zero-order chi connectivity index (χ0) is 11.9. The van der Waals surface area contributed by atoms with Crippen LogP contribution in [0.25, 0.3) is 0 Å². The monoisotopic (exact) mass is 235 g/mol. The van der Waals surface area contributed by atoms with Gasteiger partial charge in [-0.2, -0.15) is 0 Å². The maximum absolute atomic E-state index is 5.44. The molecule has 1 aliphatic rings. The SMILES string of the molecule is CCCNc1cccc(NC2CCCOC2)n1. The zero-order valence-corrected chi connectivity index (χ0v) is 10.4. The van der Waals surface area contributed by atoms with Crippen molar-refractivity contribution in [3.63, 3.8) is 0 Å². The maximum Gasteiger partial charge on any atom is 0.128 e. The zero-order valence-electron chi connectivity index (χ0n) is 10.4. The van der Waals surface area contributed by atoms with Crippen molar-refractivity contribution in [2.24, 2.45) is 0 Å². The van der Waals surface area contributed by atoms with Gasteiger partial charge in [-0.1, -0.05) is 13.0 Å². The second kappa shape index (κ2) is 6.45. The van der Waals surface area contributed by atoms with Gasteiger partial charge in [0, 0.05) is 13.2 Å². The van der Waals surface area contributed by atoms with Crippen LogP contribution in [-0.2, 0) is 4.74 Å². The Hall–Kier alpha value is -1.29. The first-order valence-corrected chi connectivity index (χ1v) is 6.43. The van der Waals surface area contributed by atoms with Crippen molar-refractivity contribution in [1.29, 1.82) is 0 Å². The third kappa shape index (κ3) is 3.89. The maximum atomic E-state index is 5.44. The summed E-state index contributed by atoms with van der Waals surface area (Å²) >= 11 is 0. The first kappa shape index (κ1) is 12.2. The van der Waals surface area contributed by atoms with Crippen molar-refractivity contribution in [2.45, 2.75) is 32.2 Å². The molecule has 2 rings (SSSR count). The van der Waals surface area contributed by atoms with Gasteiger partial charge in [0.15, 0.2) is 0 Å². The molecule has 94 valence electrons. The Balaban J connectivity index is 1.90. The van der Waals surface area contributed by atoms with Gasteiger partial charge < -0.3 is 15.4 Å². The van der Waals surface area contributed by atoms with Crippen molar-refractivity contribution in [1.82, 2.24) is 4.98 Å². The van der Waals surface area contributed by atoms with Crippen LogP contribution in [0.3, 0.4) is 0 Å². The smallest absolute Gasteiger partial charge is 0.128 e. The summed E-state index contributed by atoms with van der Waals surface area (Å²) in [7, 11) is 0. The van der Waals surface area contributed by atoms with E-state index < -0.39 is 0 Å². The fraction of sp³-hybridized carbons (Fsp3) is 0.615. The minimum atomic E-state index is 0.401. The molecule has 1 aromatic rings. The molecule has 1 fully saturated rings. The molecule has 0 saturated carbocycles. The van der Waals surface area contributed by atoms with Gasteiger partial charge in [-0.3, -0.25) is 0 Å². The second-order valence-electron chi connectivity index (χ2n) is 4.39. The predicted octanol–water partition coefficient (Wildman–Crippen LogP) is 2.49. The number of aromatic nitrogens is 1. The topological polar surface area (TPSA) is 46.2 Å². The molecule has 0 aliphatic carbocycles. The Kier molecular flexibility index (Phi) is 4.62. The van der Waals surface area contributed by atoms with Crippen LogP contribution < -0.4 is 10.6 Å². The Morgan fingerprint density at radius 1 is 1.41 bits per heavy atom. The molecule has 4 nitrogen and oxygen atoms in total. The van der Waals surface area contributed by atoms with Gasteiger partial charge in [0.1, 0.15) is 11.6 Å². The van der Waals surface area contributed by atoms with Crippen LogP contribution in [0.15, 0.2) is 18.2 Å². The summed E-state index contributed by atoms with van der Waals surface area (Å²) in [5.74, 6) is 1.87. The lowest BCUT2D eigenvalue weighted by atomic mass is 10.1. The number of ether oxygens (including phenoxy) is 1. The van der Waals surface area contributed by atoms with Crippen molar-refractivity contribution in [3.8, 4) is 0 Å². The van der Waals surface area contributed by atoms with E-state index in [0.717, 1.165) is 50.7 Å². The Morgan fingerprint density at radius 3 is 3.06 bits per heavy atom. The molecule has 1 atom stereocenters. The molecule has 1 aliphatic heterocycles. The van der Waals surface area contributed by atoms with E-state index >= 15 is 0 Å². The Bertz CT molecular complexity index is 337. The molecule has 2 N–H and O–H groups in total. The lowest BCUT2D eigenvalue weighted by Gasteiger charge is -2.23. The summed E-state index contributed by atoms with van der Waals surface area (Å²) < 4.78 is 5.44. The standard InChI is InChI=1S/C13H21N3O/c1-2-8-14-12-6-3-7-13(16-12)15-11-5-4-9-17-10-11/h3,6-7,11H,2,4-5,8-10H2,1H3,(H2,14,15,16). The average Bonchev–Trinajstić information content (AvgIpc) is 2.38. The van der Waals surface area contributed by atoms with Crippen molar-refractivity contribution in [2.75, 3.05) is 30.4 Å². The van der Waals surface area contributed by atoms with E-state index in [1.807, 2.05) is 18.2 Å². The summed E-state index contributed by atoms with van der Waals surface area (Å²) in [6.45, 7) is 4.79. The summed E-state index contributed by atoms with van der Waals surface area (Å²) in [4.78, 5) is 4.53. The first-order valence-electron chi connectivity index (χ1n) is 6.43. The normalized spacial score (nSPS) is 19.9. The largest absolute Gasteiger partial charge is 0.379 e. The number of rotatable bonds is 5. The summed E-state index contributed by atoms with van der Waals surface area (Å²) in [5.41, 5.74) is 0. The van der Waals surface area contributed by atoms with E-state index in [4.69, 9.17) is 4.74 Å². The number of hydrogen-bond donors (Lipinski definition) is 2. The van der Waals surface area contributed by atoms with Crippen LogP contribution in [0.4, 0.5) is 11.6 Å². The molecular formula is C13H21N3O. The van der Waals surface area contributed by atoms with E-state index in [9.17, 15) is 0 Å². The minimum Gasteiger partial charge on any atom is -0.379 e. The highest BCUT2D eigenvalue weighted by atomic mass is 16.5. The Morgan fingerprint density at radius 2 is 2.29 bits per heavy atom. The Labute approximate surface area is 103 Å². The van der Waals surface area contributed by atoms with Crippen LogP contribution in [0.5, 0.6) is 0 Å². The highest BCUT2D eigenvalue weighted by molar-refractivity contribution is 5.45. The quantitative estimate of drug-likeness (QED) is 0.823. The van der Waals surface area contributed by atoms with E-state index in [0.29, 0.717) is 6.04 Å². The van der Waals surface area contributed by atoms with Crippen LogP contribution in [0.1, 0.15) is 26.2 Å². The van der Waals surface area contributed by atoms with Gasteiger partial charge in [0.05, 0.1) is 12.6 Å². The fourth-order valence-electron chi connectivity index (χ4n) is 1.93. The van der Waals surface area contributed by atoms with Crippen LogP contribution in [0, 0.1) is 0 Å². The highest BCUT2D eigenvalue weighted by Crippen LogP contribution is 2.14. The van der Waals surface area contributed by atoms with Crippen LogP contribution in [0.2, 0.25) is 0 Å². The molecule has 0 radical (unpaired) electrons. The van der Waals surface area contributed by atoms with Crippen molar-refractivity contribution >= 4 is 11.6 Å². The number of anilines is 2. The second-order valence-corrected chi connectivity index (χ2v) is 4.39. The van der Waals surface area contributed by atoms with Gasteiger partial charge in [-0.05, 0) is 31.4 Å². The molecule has 0 spiro atoms. The number of hydrogen-bond acceptors (Lipinski definition) is 4. The van der Waals surface area contributed by atoms with Gasteiger partial charge in [-0.25, -0.2) is 4.98 Å². The molecule has 1 saturated heterocycles. The van der Waals surface area contributed by atoms with Crippen LogP contribution in [-0.4, -0.2) is 30.8 Å². The van der Waals surface area contributed by atoms with E-state index in [1.165, 1.54) is 0 Å². The first-order chi connectivity index (χ1) is 8.38. The molecule has 1 unspecified atom stereocenters. The number of nitrogens with zero attached hydrogens (tertiary/aromatic N) is 1. The summed E-state index contributed by atoms with van der Waals surface area (Å²) in [6, 6.07) is 6.43.